The van der Waals surface area contributed by atoms with Gasteiger partial charge in [0, 0.05) is 5.56 Å². The molecule has 0 aliphatic heterocycles. The highest BCUT2D eigenvalue weighted by Gasteiger charge is 2.16. The molecule has 0 N–H and O–H groups in total. The summed E-state index contributed by atoms with van der Waals surface area (Å²) in [6, 6.07) is 5.00. The Hall–Kier alpha value is -1.89. The first kappa shape index (κ1) is 13.2. The lowest BCUT2D eigenvalue weighted by molar-refractivity contribution is -0.142. The SMILES string of the molecule is CCOC(=O)Cc1c(C#N)ccc(CC)c1F. The number of nitrogens with zero attached hydrogens (tertiary/aromatic N) is 1. The van der Waals surface area contributed by atoms with E-state index >= 15 is 0 Å². The van der Waals surface area contributed by atoms with Gasteiger partial charge in [-0.3, -0.25) is 4.79 Å². The summed E-state index contributed by atoms with van der Waals surface area (Å²) >= 11 is 0. The van der Waals surface area contributed by atoms with Gasteiger partial charge in [-0.2, -0.15) is 5.26 Å². The predicted molar refractivity (Wildman–Crippen MR) is 60.8 cm³/mol. The zero-order valence-electron chi connectivity index (χ0n) is 9.92. The Morgan fingerprint density at radius 2 is 2.18 bits per heavy atom. The number of hydrogen-bond acceptors (Lipinski definition) is 3. The summed E-state index contributed by atoms with van der Waals surface area (Å²) in [6.07, 6.45) is 0.323. The molecule has 0 heterocycles. The fourth-order valence-corrected chi connectivity index (χ4v) is 1.58. The monoisotopic (exact) mass is 235 g/mol. The molecular formula is C13H14FNO2. The summed E-state index contributed by atoms with van der Waals surface area (Å²) in [4.78, 5) is 11.3. The van der Waals surface area contributed by atoms with Crippen LogP contribution in [-0.2, 0) is 22.4 Å². The molecule has 0 spiro atoms. The Labute approximate surface area is 99.8 Å². The summed E-state index contributed by atoms with van der Waals surface area (Å²) in [5.74, 6) is -0.990. The number of carbonyl (C=O) groups excluding carboxylic acids is 1. The van der Waals surface area contributed by atoms with Crippen molar-refractivity contribution >= 4 is 5.97 Å². The van der Waals surface area contributed by atoms with Gasteiger partial charge in [-0.05, 0) is 25.0 Å². The van der Waals surface area contributed by atoms with Crippen molar-refractivity contribution in [2.45, 2.75) is 26.7 Å². The molecule has 0 radical (unpaired) electrons. The van der Waals surface area contributed by atoms with Crippen molar-refractivity contribution in [3.8, 4) is 6.07 Å². The van der Waals surface area contributed by atoms with Gasteiger partial charge in [0.25, 0.3) is 0 Å². The Kier molecular flexibility index (Phi) is 4.65. The van der Waals surface area contributed by atoms with Crippen LogP contribution < -0.4 is 0 Å². The first-order chi connectivity index (χ1) is 8.13. The minimum absolute atomic E-state index is 0.130. The van der Waals surface area contributed by atoms with Gasteiger partial charge >= 0.3 is 5.97 Å². The number of rotatable bonds is 4. The maximum atomic E-state index is 14.0. The lowest BCUT2D eigenvalue weighted by Crippen LogP contribution is -2.11. The molecule has 0 aliphatic rings. The van der Waals surface area contributed by atoms with E-state index in [9.17, 15) is 9.18 Å². The second-order valence-electron chi connectivity index (χ2n) is 3.51. The highest BCUT2D eigenvalue weighted by molar-refractivity contribution is 5.73. The largest absolute Gasteiger partial charge is 0.466 e. The molecule has 0 saturated carbocycles. The second kappa shape index (κ2) is 6.00. The molecule has 0 aromatic heterocycles. The highest BCUT2D eigenvalue weighted by atomic mass is 19.1. The fraction of sp³-hybridized carbons (Fsp3) is 0.385. The Balaban J connectivity index is 3.11. The molecule has 4 heteroatoms. The topological polar surface area (TPSA) is 50.1 Å². The third-order valence-corrected chi connectivity index (χ3v) is 2.45. The second-order valence-corrected chi connectivity index (χ2v) is 3.51. The fourth-order valence-electron chi connectivity index (χ4n) is 1.58. The first-order valence-corrected chi connectivity index (χ1v) is 5.50. The van der Waals surface area contributed by atoms with Crippen molar-refractivity contribution in [2.75, 3.05) is 6.61 Å². The molecule has 0 unspecified atom stereocenters. The molecule has 0 aliphatic carbocycles. The number of hydrogen-bond donors (Lipinski definition) is 0. The number of carbonyl (C=O) groups is 1. The number of aryl methyl sites for hydroxylation is 1. The third-order valence-electron chi connectivity index (χ3n) is 2.45. The van der Waals surface area contributed by atoms with Crippen LogP contribution in [-0.4, -0.2) is 12.6 Å². The Morgan fingerprint density at radius 1 is 1.47 bits per heavy atom. The lowest BCUT2D eigenvalue weighted by atomic mass is 10.00. The van der Waals surface area contributed by atoms with Gasteiger partial charge < -0.3 is 4.74 Å². The molecule has 17 heavy (non-hydrogen) atoms. The van der Waals surface area contributed by atoms with E-state index in [-0.39, 0.29) is 24.2 Å². The van der Waals surface area contributed by atoms with Crippen LogP contribution >= 0.6 is 0 Å². The summed E-state index contributed by atoms with van der Waals surface area (Å²) in [6.45, 7) is 3.75. The van der Waals surface area contributed by atoms with Crippen molar-refractivity contribution in [3.05, 3.63) is 34.6 Å². The molecule has 1 aromatic carbocycles. The van der Waals surface area contributed by atoms with E-state index < -0.39 is 11.8 Å². The van der Waals surface area contributed by atoms with Crippen molar-refractivity contribution in [2.24, 2.45) is 0 Å². The summed E-state index contributed by atoms with van der Waals surface area (Å²) in [5, 5.41) is 8.88. The van der Waals surface area contributed by atoms with Gasteiger partial charge in [0.05, 0.1) is 24.7 Å². The van der Waals surface area contributed by atoms with Gasteiger partial charge in [-0.1, -0.05) is 13.0 Å². The number of nitriles is 1. The first-order valence-electron chi connectivity index (χ1n) is 5.50. The van der Waals surface area contributed by atoms with E-state index in [0.717, 1.165) is 0 Å². The van der Waals surface area contributed by atoms with Crippen LogP contribution in [0.2, 0.25) is 0 Å². The van der Waals surface area contributed by atoms with Gasteiger partial charge in [-0.15, -0.1) is 0 Å². The van der Waals surface area contributed by atoms with Crippen molar-refractivity contribution < 1.29 is 13.9 Å². The zero-order chi connectivity index (χ0) is 12.8. The Bertz CT molecular complexity index is 463. The summed E-state index contributed by atoms with van der Waals surface area (Å²) in [5.41, 5.74) is 0.821. The number of benzene rings is 1. The zero-order valence-corrected chi connectivity index (χ0v) is 9.92. The van der Waals surface area contributed by atoms with Crippen LogP contribution in [0.1, 0.15) is 30.5 Å². The van der Waals surface area contributed by atoms with Crippen LogP contribution in [0, 0.1) is 17.1 Å². The molecular weight excluding hydrogens is 221 g/mol. The van der Waals surface area contributed by atoms with Gasteiger partial charge in [0.2, 0.25) is 0 Å². The van der Waals surface area contributed by atoms with E-state index in [2.05, 4.69) is 0 Å². The van der Waals surface area contributed by atoms with Crippen LogP contribution in [0.4, 0.5) is 4.39 Å². The molecule has 0 bridgehead atoms. The molecule has 0 amide bonds. The van der Waals surface area contributed by atoms with Gasteiger partial charge in [-0.25, -0.2) is 4.39 Å². The van der Waals surface area contributed by atoms with E-state index in [1.165, 1.54) is 6.07 Å². The smallest absolute Gasteiger partial charge is 0.310 e. The summed E-state index contributed by atoms with van der Waals surface area (Å²) < 4.78 is 18.7. The summed E-state index contributed by atoms with van der Waals surface area (Å²) in [7, 11) is 0. The van der Waals surface area contributed by atoms with Crippen LogP contribution in [0.5, 0.6) is 0 Å². The van der Waals surface area contributed by atoms with Gasteiger partial charge in [0.15, 0.2) is 0 Å². The Morgan fingerprint density at radius 3 is 2.71 bits per heavy atom. The minimum atomic E-state index is -0.517. The molecule has 0 fully saturated rings. The predicted octanol–water partition coefficient (Wildman–Crippen LogP) is 2.37. The van der Waals surface area contributed by atoms with E-state index in [1.807, 2.05) is 13.0 Å². The molecule has 90 valence electrons. The van der Waals surface area contributed by atoms with Gasteiger partial charge in [0.1, 0.15) is 5.82 Å². The normalized spacial score (nSPS) is 9.76. The highest BCUT2D eigenvalue weighted by Crippen LogP contribution is 2.19. The van der Waals surface area contributed by atoms with E-state index in [1.54, 1.807) is 13.0 Å². The van der Waals surface area contributed by atoms with E-state index in [0.29, 0.717) is 12.0 Å². The van der Waals surface area contributed by atoms with Crippen molar-refractivity contribution in [1.29, 1.82) is 5.26 Å². The average molecular weight is 235 g/mol. The van der Waals surface area contributed by atoms with Crippen LogP contribution in [0.15, 0.2) is 12.1 Å². The molecule has 1 aromatic rings. The quantitative estimate of drug-likeness (QED) is 0.753. The standard InChI is InChI=1S/C13H14FNO2/c1-3-9-5-6-10(8-15)11(13(9)14)7-12(16)17-4-2/h5-6H,3-4,7H2,1-2H3. The third kappa shape index (κ3) is 3.04. The van der Waals surface area contributed by atoms with Crippen molar-refractivity contribution in [3.63, 3.8) is 0 Å². The molecule has 1 rings (SSSR count). The molecule has 0 saturated heterocycles. The molecule has 3 nitrogen and oxygen atoms in total. The number of esters is 1. The van der Waals surface area contributed by atoms with Crippen LogP contribution in [0.25, 0.3) is 0 Å². The number of ether oxygens (including phenoxy) is 1. The average Bonchev–Trinajstić information content (AvgIpc) is 2.32. The van der Waals surface area contributed by atoms with Crippen molar-refractivity contribution in [1.82, 2.24) is 0 Å². The van der Waals surface area contributed by atoms with Crippen LogP contribution in [0.3, 0.4) is 0 Å². The number of halogens is 1. The van der Waals surface area contributed by atoms with E-state index in [4.69, 9.17) is 10.00 Å². The molecule has 0 atom stereocenters. The maximum Gasteiger partial charge on any atom is 0.310 e. The maximum absolute atomic E-state index is 14.0. The minimum Gasteiger partial charge on any atom is -0.466 e. The lowest BCUT2D eigenvalue weighted by Gasteiger charge is -2.08.